The van der Waals surface area contributed by atoms with E-state index in [4.69, 9.17) is 0 Å². The number of fused-ring (bicyclic) bond motifs is 1. The molecule has 0 spiro atoms. The minimum atomic E-state index is 0.582. The predicted octanol–water partition coefficient (Wildman–Crippen LogP) is 3.14. The smallest absolute Gasteiger partial charge is 0.0590 e. The first kappa shape index (κ1) is 12.2. The van der Waals surface area contributed by atoms with E-state index in [1.165, 1.54) is 22.5 Å². The average molecular weight is 206 g/mol. The van der Waals surface area contributed by atoms with E-state index in [1.807, 2.05) is 13.8 Å². The highest BCUT2D eigenvalue weighted by atomic mass is 14.9. The summed E-state index contributed by atoms with van der Waals surface area (Å²) in [6, 6.07) is 2.31. The summed E-state index contributed by atoms with van der Waals surface area (Å²) >= 11 is 0. The second kappa shape index (κ2) is 5.26. The summed E-state index contributed by atoms with van der Waals surface area (Å²) in [5.41, 5.74) is 5.20. The van der Waals surface area contributed by atoms with Crippen molar-refractivity contribution in [2.75, 3.05) is 0 Å². The Labute approximate surface area is 93.1 Å². The van der Waals surface area contributed by atoms with Gasteiger partial charge in [-0.25, -0.2) is 0 Å². The van der Waals surface area contributed by atoms with Crippen LogP contribution in [0.25, 0.3) is 0 Å². The summed E-state index contributed by atoms with van der Waals surface area (Å²) in [5, 5.41) is 3.32. The zero-order chi connectivity index (χ0) is 11.4. The quantitative estimate of drug-likeness (QED) is 0.763. The van der Waals surface area contributed by atoms with Gasteiger partial charge >= 0.3 is 0 Å². The number of hydrogen-bond donors (Lipinski definition) is 1. The average Bonchev–Trinajstić information content (AvgIpc) is 2.66. The second-order valence-corrected chi connectivity index (χ2v) is 4.03. The van der Waals surface area contributed by atoms with E-state index in [2.05, 4.69) is 37.1 Å². The first-order valence-electron chi connectivity index (χ1n) is 5.88. The molecule has 0 unspecified atom stereocenters. The third-order valence-electron chi connectivity index (χ3n) is 2.65. The molecule has 1 aliphatic rings. The van der Waals surface area contributed by atoms with Gasteiger partial charge in [0.05, 0.1) is 5.69 Å². The van der Waals surface area contributed by atoms with Crippen molar-refractivity contribution < 1.29 is 0 Å². The van der Waals surface area contributed by atoms with Gasteiger partial charge in [0.15, 0.2) is 0 Å². The predicted molar refractivity (Wildman–Crippen MR) is 65.0 cm³/mol. The van der Waals surface area contributed by atoms with Crippen LogP contribution in [-0.2, 0) is 13.1 Å². The van der Waals surface area contributed by atoms with Gasteiger partial charge in [-0.3, -0.25) is 4.98 Å². The fourth-order valence-corrected chi connectivity index (χ4v) is 1.92. The molecular weight excluding hydrogens is 184 g/mol. The van der Waals surface area contributed by atoms with Crippen molar-refractivity contribution >= 4 is 0 Å². The number of nitrogens with one attached hydrogen (secondary N) is 1. The summed E-state index contributed by atoms with van der Waals surface area (Å²) < 4.78 is 0. The Morgan fingerprint density at radius 3 is 2.53 bits per heavy atom. The van der Waals surface area contributed by atoms with Gasteiger partial charge in [0, 0.05) is 18.8 Å². The van der Waals surface area contributed by atoms with Crippen molar-refractivity contribution in [1.29, 1.82) is 0 Å². The number of hydrogen-bond acceptors (Lipinski definition) is 2. The lowest BCUT2D eigenvalue weighted by molar-refractivity contribution is 0.757. The van der Waals surface area contributed by atoms with Gasteiger partial charge in [0.1, 0.15) is 0 Å². The van der Waals surface area contributed by atoms with Crippen LogP contribution in [0.3, 0.4) is 0 Å². The topological polar surface area (TPSA) is 24.9 Å². The lowest BCUT2D eigenvalue weighted by Crippen LogP contribution is -2.00. The molecule has 84 valence electrons. The van der Waals surface area contributed by atoms with E-state index in [-0.39, 0.29) is 0 Å². The van der Waals surface area contributed by atoms with Crippen molar-refractivity contribution in [3.05, 3.63) is 28.6 Å². The fourth-order valence-electron chi connectivity index (χ4n) is 1.92. The van der Waals surface area contributed by atoms with E-state index in [0.717, 1.165) is 13.1 Å². The monoisotopic (exact) mass is 206 g/mol. The van der Waals surface area contributed by atoms with Crippen LogP contribution in [0.1, 0.15) is 56.1 Å². The third kappa shape index (κ3) is 2.57. The molecule has 15 heavy (non-hydrogen) atoms. The Morgan fingerprint density at radius 2 is 1.93 bits per heavy atom. The molecule has 1 aliphatic heterocycles. The first-order chi connectivity index (χ1) is 7.18. The van der Waals surface area contributed by atoms with Crippen molar-refractivity contribution in [2.45, 2.75) is 53.6 Å². The summed E-state index contributed by atoms with van der Waals surface area (Å²) in [6.45, 7) is 12.5. The number of rotatable bonds is 1. The highest BCUT2D eigenvalue weighted by Crippen LogP contribution is 2.22. The summed E-state index contributed by atoms with van der Waals surface area (Å²) in [4.78, 5) is 4.61. The van der Waals surface area contributed by atoms with Gasteiger partial charge in [-0.15, -0.1) is 0 Å². The van der Waals surface area contributed by atoms with Crippen LogP contribution < -0.4 is 5.32 Å². The van der Waals surface area contributed by atoms with Crippen LogP contribution in [0.5, 0.6) is 0 Å². The number of aromatic nitrogens is 1. The molecule has 2 rings (SSSR count). The molecular formula is C13H22N2. The van der Waals surface area contributed by atoms with E-state index in [0.29, 0.717) is 5.92 Å². The van der Waals surface area contributed by atoms with Crippen molar-refractivity contribution in [1.82, 2.24) is 10.3 Å². The Kier molecular flexibility index (Phi) is 4.28. The Hall–Kier alpha value is -0.890. The number of pyridine rings is 1. The molecule has 0 fully saturated rings. The van der Waals surface area contributed by atoms with Crippen molar-refractivity contribution in [3.63, 3.8) is 0 Å². The van der Waals surface area contributed by atoms with Crippen LogP contribution in [-0.4, -0.2) is 4.98 Å². The standard InChI is InChI=1S/C11H16N2.C2H6/c1-7(2)10-4-9-5-12-6-11(9)13-8(10)3;1-2/h4,7,12H,5-6H2,1-3H3;1-2H3. The molecule has 1 aromatic rings. The van der Waals surface area contributed by atoms with Crippen LogP contribution in [0.4, 0.5) is 0 Å². The largest absolute Gasteiger partial charge is 0.307 e. The molecule has 0 radical (unpaired) electrons. The Bertz CT molecular complexity index is 330. The summed E-state index contributed by atoms with van der Waals surface area (Å²) in [5.74, 6) is 0.582. The van der Waals surface area contributed by atoms with Gasteiger partial charge in [-0.1, -0.05) is 33.8 Å². The van der Waals surface area contributed by atoms with Crippen LogP contribution in [0, 0.1) is 6.92 Å². The molecule has 2 heteroatoms. The molecule has 0 aromatic carbocycles. The van der Waals surface area contributed by atoms with Crippen LogP contribution >= 0.6 is 0 Å². The normalized spacial score (nSPS) is 13.5. The van der Waals surface area contributed by atoms with Crippen molar-refractivity contribution in [2.24, 2.45) is 0 Å². The van der Waals surface area contributed by atoms with Gasteiger partial charge in [0.25, 0.3) is 0 Å². The van der Waals surface area contributed by atoms with E-state index in [9.17, 15) is 0 Å². The lowest BCUT2D eigenvalue weighted by atomic mass is 9.99. The Balaban J connectivity index is 0.000000531. The maximum atomic E-state index is 4.61. The molecule has 0 aliphatic carbocycles. The van der Waals surface area contributed by atoms with Gasteiger partial charge in [-0.05, 0) is 24.0 Å². The van der Waals surface area contributed by atoms with Crippen LogP contribution in [0.2, 0.25) is 0 Å². The third-order valence-corrected chi connectivity index (χ3v) is 2.65. The molecule has 2 heterocycles. The highest BCUT2D eigenvalue weighted by Gasteiger charge is 2.15. The highest BCUT2D eigenvalue weighted by molar-refractivity contribution is 5.33. The molecule has 0 saturated heterocycles. The molecule has 2 nitrogen and oxygen atoms in total. The zero-order valence-corrected chi connectivity index (χ0v) is 10.5. The van der Waals surface area contributed by atoms with Gasteiger partial charge < -0.3 is 5.32 Å². The van der Waals surface area contributed by atoms with Crippen LogP contribution in [0.15, 0.2) is 6.07 Å². The second-order valence-electron chi connectivity index (χ2n) is 4.03. The number of nitrogens with zero attached hydrogens (tertiary/aromatic N) is 1. The summed E-state index contributed by atoms with van der Waals surface area (Å²) in [6.07, 6.45) is 0. The Morgan fingerprint density at radius 1 is 1.27 bits per heavy atom. The molecule has 0 saturated carbocycles. The molecule has 0 atom stereocenters. The molecule has 1 aromatic heterocycles. The SMILES string of the molecule is CC.Cc1nc2c(cc1C(C)C)CNC2. The molecule has 0 amide bonds. The van der Waals surface area contributed by atoms with Gasteiger partial charge in [0.2, 0.25) is 0 Å². The fraction of sp³-hybridized carbons (Fsp3) is 0.615. The minimum absolute atomic E-state index is 0.582. The zero-order valence-electron chi connectivity index (χ0n) is 10.5. The van der Waals surface area contributed by atoms with E-state index in [1.54, 1.807) is 0 Å². The lowest BCUT2D eigenvalue weighted by Gasteiger charge is -2.10. The first-order valence-corrected chi connectivity index (χ1v) is 5.88. The maximum Gasteiger partial charge on any atom is 0.0590 e. The molecule has 0 bridgehead atoms. The van der Waals surface area contributed by atoms with E-state index < -0.39 is 0 Å². The van der Waals surface area contributed by atoms with E-state index >= 15 is 0 Å². The minimum Gasteiger partial charge on any atom is -0.307 e. The summed E-state index contributed by atoms with van der Waals surface area (Å²) in [7, 11) is 0. The van der Waals surface area contributed by atoms with Crippen molar-refractivity contribution in [3.8, 4) is 0 Å². The number of aryl methyl sites for hydroxylation is 1. The molecule has 1 N–H and O–H groups in total. The maximum absolute atomic E-state index is 4.61. The van der Waals surface area contributed by atoms with Gasteiger partial charge in [-0.2, -0.15) is 0 Å².